The predicted octanol–water partition coefficient (Wildman–Crippen LogP) is 3.55. The van der Waals surface area contributed by atoms with Gasteiger partial charge in [-0.15, -0.1) is 6.58 Å². The Morgan fingerprint density at radius 3 is 2.65 bits per heavy atom. The second-order valence-electron chi connectivity index (χ2n) is 5.72. The number of hydrogen-bond acceptors (Lipinski definition) is 3. The topological polar surface area (TPSA) is 27.7 Å². The first-order chi connectivity index (χ1) is 9.52. The molecule has 0 N–H and O–H groups in total. The highest BCUT2D eigenvalue weighted by atomic mass is 16.7. The van der Waals surface area contributed by atoms with Crippen LogP contribution in [0.2, 0.25) is 0 Å². The molecule has 3 atom stereocenters. The van der Waals surface area contributed by atoms with Crippen molar-refractivity contribution >= 4 is 0 Å². The van der Waals surface area contributed by atoms with Crippen LogP contribution in [0, 0.1) is 5.92 Å². The first kappa shape index (κ1) is 15.2. The van der Waals surface area contributed by atoms with Gasteiger partial charge in [0, 0.05) is 5.92 Å². The van der Waals surface area contributed by atoms with Crippen LogP contribution in [0.4, 0.5) is 0 Å². The summed E-state index contributed by atoms with van der Waals surface area (Å²) < 4.78 is 17.7. The second kappa shape index (κ2) is 6.53. The Hall–Kier alpha value is -1.16. The fraction of sp³-hybridized carbons (Fsp3) is 0.529. The van der Waals surface area contributed by atoms with Crippen LogP contribution in [-0.2, 0) is 20.8 Å². The van der Waals surface area contributed by atoms with Crippen molar-refractivity contribution in [2.75, 3.05) is 6.61 Å². The smallest absolute Gasteiger partial charge is 0.163 e. The lowest BCUT2D eigenvalue weighted by Crippen LogP contribution is -2.37. The number of benzene rings is 1. The fourth-order valence-electron chi connectivity index (χ4n) is 2.38. The van der Waals surface area contributed by atoms with Gasteiger partial charge in [0.15, 0.2) is 5.79 Å². The zero-order valence-corrected chi connectivity index (χ0v) is 12.5. The summed E-state index contributed by atoms with van der Waals surface area (Å²) in [6, 6.07) is 10.2. The van der Waals surface area contributed by atoms with E-state index in [1.54, 1.807) is 0 Å². The third-order valence-electron chi connectivity index (χ3n) is 3.57. The van der Waals surface area contributed by atoms with Crippen LogP contribution < -0.4 is 0 Å². The van der Waals surface area contributed by atoms with Gasteiger partial charge in [0.05, 0.1) is 19.3 Å². The van der Waals surface area contributed by atoms with Gasteiger partial charge in [-0.3, -0.25) is 0 Å². The first-order valence-corrected chi connectivity index (χ1v) is 7.12. The third kappa shape index (κ3) is 3.92. The second-order valence-corrected chi connectivity index (χ2v) is 5.72. The molecule has 0 radical (unpaired) electrons. The minimum atomic E-state index is -0.528. The van der Waals surface area contributed by atoms with Gasteiger partial charge in [-0.1, -0.05) is 43.3 Å². The van der Waals surface area contributed by atoms with Crippen LogP contribution in [-0.4, -0.2) is 24.6 Å². The maximum Gasteiger partial charge on any atom is 0.163 e. The molecular formula is C17H24O3. The summed E-state index contributed by atoms with van der Waals surface area (Å²) in [5, 5.41) is 0. The van der Waals surface area contributed by atoms with Gasteiger partial charge in [-0.05, 0) is 19.4 Å². The van der Waals surface area contributed by atoms with E-state index >= 15 is 0 Å². The van der Waals surface area contributed by atoms with Gasteiger partial charge in [-0.2, -0.15) is 0 Å². The number of rotatable bonds is 6. The van der Waals surface area contributed by atoms with Gasteiger partial charge >= 0.3 is 0 Å². The van der Waals surface area contributed by atoms with E-state index in [9.17, 15) is 0 Å². The van der Waals surface area contributed by atoms with Crippen LogP contribution in [0.5, 0.6) is 0 Å². The molecule has 1 saturated heterocycles. The van der Waals surface area contributed by atoms with E-state index in [4.69, 9.17) is 14.2 Å². The van der Waals surface area contributed by atoms with E-state index in [0.717, 1.165) is 5.56 Å². The van der Waals surface area contributed by atoms with Crippen molar-refractivity contribution in [2.24, 2.45) is 5.92 Å². The summed E-state index contributed by atoms with van der Waals surface area (Å²) in [7, 11) is 0. The van der Waals surface area contributed by atoms with Crippen LogP contribution >= 0.6 is 0 Å². The molecular weight excluding hydrogens is 252 g/mol. The summed E-state index contributed by atoms with van der Waals surface area (Å²) in [4.78, 5) is 0. The molecule has 3 heteroatoms. The highest BCUT2D eigenvalue weighted by Crippen LogP contribution is 2.29. The van der Waals surface area contributed by atoms with Gasteiger partial charge < -0.3 is 14.2 Å². The molecule has 0 saturated carbocycles. The zero-order chi connectivity index (χ0) is 14.6. The first-order valence-electron chi connectivity index (χ1n) is 7.12. The molecule has 0 spiro atoms. The molecule has 1 aliphatic rings. The highest BCUT2D eigenvalue weighted by molar-refractivity contribution is 5.13. The molecule has 1 aliphatic heterocycles. The molecule has 1 fully saturated rings. The summed E-state index contributed by atoms with van der Waals surface area (Å²) in [6.07, 6.45) is 1.81. The molecule has 2 rings (SSSR count). The quantitative estimate of drug-likeness (QED) is 0.744. The summed E-state index contributed by atoms with van der Waals surface area (Å²) in [5.74, 6) is -0.318. The Morgan fingerprint density at radius 1 is 1.40 bits per heavy atom. The molecule has 110 valence electrons. The van der Waals surface area contributed by atoms with E-state index < -0.39 is 5.79 Å². The minimum Gasteiger partial charge on any atom is -0.370 e. The van der Waals surface area contributed by atoms with Gasteiger partial charge in [-0.25, -0.2) is 0 Å². The van der Waals surface area contributed by atoms with Crippen molar-refractivity contribution in [3.63, 3.8) is 0 Å². The van der Waals surface area contributed by atoms with E-state index in [2.05, 4.69) is 25.6 Å². The average Bonchev–Trinajstić information content (AvgIpc) is 2.80. The van der Waals surface area contributed by atoms with E-state index in [0.29, 0.717) is 13.2 Å². The van der Waals surface area contributed by atoms with E-state index in [1.807, 2.05) is 38.1 Å². The number of ether oxygens (including phenoxy) is 3. The third-order valence-corrected chi connectivity index (χ3v) is 3.57. The Balaban J connectivity index is 1.99. The largest absolute Gasteiger partial charge is 0.370 e. The van der Waals surface area contributed by atoms with Crippen molar-refractivity contribution in [2.45, 2.75) is 45.4 Å². The van der Waals surface area contributed by atoms with E-state index in [-0.39, 0.29) is 18.1 Å². The van der Waals surface area contributed by atoms with Gasteiger partial charge in [0.2, 0.25) is 0 Å². The van der Waals surface area contributed by atoms with Crippen molar-refractivity contribution in [1.29, 1.82) is 0 Å². The lowest BCUT2D eigenvalue weighted by Gasteiger charge is -2.27. The summed E-state index contributed by atoms with van der Waals surface area (Å²) >= 11 is 0. The lowest BCUT2D eigenvalue weighted by molar-refractivity contribution is -0.161. The maximum absolute atomic E-state index is 6.08. The summed E-state index contributed by atoms with van der Waals surface area (Å²) in [6.45, 7) is 11.0. The van der Waals surface area contributed by atoms with Crippen molar-refractivity contribution in [3.05, 3.63) is 48.6 Å². The maximum atomic E-state index is 6.08. The Bertz CT molecular complexity index is 427. The van der Waals surface area contributed by atoms with Crippen LogP contribution in [0.3, 0.4) is 0 Å². The molecule has 0 aromatic heterocycles. The normalized spacial score (nSPS) is 24.2. The molecule has 0 amide bonds. The van der Waals surface area contributed by atoms with E-state index in [1.165, 1.54) is 0 Å². The molecule has 0 aliphatic carbocycles. The Kier molecular flexibility index (Phi) is 4.97. The van der Waals surface area contributed by atoms with Crippen LogP contribution in [0.15, 0.2) is 43.0 Å². The Morgan fingerprint density at radius 2 is 2.10 bits per heavy atom. The highest BCUT2D eigenvalue weighted by Gasteiger charge is 2.39. The molecule has 0 bridgehead atoms. The molecule has 1 heterocycles. The van der Waals surface area contributed by atoms with Gasteiger partial charge in [0.1, 0.15) is 6.10 Å². The average molecular weight is 276 g/mol. The predicted molar refractivity (Wildman–Crippen MR) is 79.3 cm³/mol. The fourth-order valence-corrected chi connectivity index (χ4v) is 2.38. The van der Waals surface area contributed by atoms with Crippen molar-refractivity contribution in [1.82, 2.24) is 0 Å². The van der Waals surface area contributed by atoms with Crippen LogP contribution in [0.25, 0.3) is 0 Å². The molecule has 3 nitrogen and oxygen atoms in total. The molecule has 1 aromatic rings. The molecule has 20 heavy (non-hydrogen) atoms. The Labute approximate surface area is 121 Å². The minimum absolute atomic E-state index is 0.0468. The summed E-state index contributed by atoms with van der Waals surface area (Å²) in [5.41, 5.74) is 1.16. The number of hydrogen-bond donors (Lipinski definition) is 0. The van der Waals surface area contributed by atoms with Crippen molar-refractivity contribution < 1.29 is 14.2 Å². The molecule has 0 unspecified atom stereocenters. The van der Waals surface area contributed by atoms with Gasteiger partial charge in [0.25, 0.3) is 0 Å². The molecule has 1 aromatic carbocycles. The van der Waals surface area contributed by atoms with Crippen molar-refractivity contribution in [3.8, 4) is 0 Å². The SMILES string of the molecule is C=C[C@@H](C)[C@H](OCc1ccccc1)[C@H]1COC(C)(C)O1. The standard InChI is InChI=1S/C17H24O3/c1-5-13(2)16(15-12-19-17(3,4)20-15)18-11-14-9-7-6-8-10-14/h5-10,13,15-16H,1,11-12H2,2-4H3/t13-,15-,16+/m1/s1. The monoisotopic (exact) mass is 276 g/mol. The van der Waals surface area contributed by atoms with Crippen LogP contribution in [0.1, 0.15) is 26.3 Å². The lowest BCUT2D eigenvalue weighted by atomic mass is 10.00. The zero-order valence-electron chi connectivity index (χ0n) is 12.5.